The second-order valence-corrected chi connectivity index (χ2v) is 6.66. The SMILES string of the molecule is CCN(CC1CCCO1)c1sc(C(=O)OC)c(N)c1SC. The van der Waals surface area contributed by atoms with E-state index in [4.69, 9.17) is 15.2 Å². The van der Waals surface area contributed by atoms with Gasteiger partial charge in [0.25, 0.3) is 0 Å². The quantitative estimate of drug-likeness (QED) is 0.639. The smallest absolute Gasteiger partial charge is 0.350 e. The molecule has 1 fully saturated rings. The van der Waals surface area contributed by atoms with Crippen molar-refractivity contribution in [3.8, 4) is 0 Å². The van der Waals surface area contributed by atoms with Crippen molar-refractivity contribution in [1.29, 1.82) is 0 Å². The van der Waals surface area contributed by atoms with E-state index in [1.165, 1.54) is 18.4 Å². The minimum absolute atomic E-state index is 0.268. The van der Waals surface area contributed by atoms with Crippen LogP contribution in [0.4, 0.5) is 10.7 Å². The van der Waals surface area contributed by atoms with Crippen LogP contribution in [0.1, 0.15) is 29.4 Å². The van der Waals surface area contributed by atoms with Crippen LogP contribution in [0.2, 0.25) is 0 Å². The standard InChI is InChI=1S/C14H22N2O3S2/c1-4-16(8-9-6-5-7-19-9)13-11(20-3)10(15)12(21-13)14(17)18-2/h9H,4-8,15H2,1-3H3. The van der Waals surface area contributed by atoms with Gasteiger partial charge in [0, 0.05) is 19.7 Å². The van der Waals surface area contributed by atoms with Gasteiger partial charge in [0.05, 0.1) is 23.8 Å². The number of hydrogen-bond acceptors (Lipinski definition) is 7. The summed E-state index contributed by atoms with van der Waals surface area (Å²) in [5.74, 6) is -0.368. The van der Waals surface area contributed by atoms with Crippen molar-refractivity contribution in [2.24, 2.45) is 0 Å². The summed E-state index contributed by atoms with van der Waals surface area (Å²) < 4.78 is 10.5. The zero-order valence-corrected chi connectivity index (χ0v) is 14.3. The van der Waals surface area contributed by atoms with Gasteiger partial charge in [-0.15, -0.1) is 23.1 Å². The first-order valence-electron chi connectivity index (χ1n) is 7.03. The minimum Gasteiger partial charge on any atom is -0.465 e. The van der Waals surface area contributed by atoms with Crippen molar-refractivity contribution >= 4 is 39.8 Å². The molecule has 0 saturated carbocycles. The van der Waals surface area contributed by atoms with Gasteiger partial charge in [-0.3, -0.25) is 0 Å². The summed E-state index contributed by atoms with van der Waals surface area (Å²) in [5.41, 5.74) is 6.65. The Morgan fingerprint density at radius 2 is 2.38 bits per heavy atom. The van der Waals surface area contributed by atoms with E-state index in [1.807, 2.05) is 6.26 Å². The average Bonchev–Trinajstić information content (AvgIpc) is 3.11. The molecule has 1 aliphatic rings. The number of anilines is 2. The van der Waals surface area contributed by atoms with Crippen LogP contribution >= 0.6 is 23.1 Å². The molecule has 0 amide bonds. The summed E-state index contributed by atoms with van der Waals surface area (Å²) in [5, 5.41) is 1.04. The number of rotatable bonds is 6. The topological polar surface area (TPSA) is 64.8 Å². The van der Waals surface area contributed by atoms with E-state index in [0.717, 1.165) is 42.4 Å². The van der Waals surface area contributed by atoms with Crippen LogP contribution in [0.5, 0.6) is 0 Å². The molecule has 1 atom stereocenters. The zero-order chi connectivity index (χ0) is 15.4. The Kier molecular flexibility index (Phi) is 5.78. The highest BCUT2D eigenvalue weighted by Crippen LogP contribution is 2.44. The van der Waals surface area contributed by atoms with Gasteiger partial charge in [-0.1, -0.05) is 0 Å². The molecule has 2 rings (SSSR count). The molecule has 1 unspecified atom stereocenters. The maximum atomic E-state index is 11.8. The lowest BCUT2D eigenvalue weighted by molar-refractivity contribution is 0.0607. The van der Waals surface area contributed by atoms with E-state index in [-0.39, 0.29) is 12.1 Å². The predicted molar refractivity (Wildman–Crippen MR) is 88.7 cm³/mol. The van der Waals surface area contributed by atoms with Crippen LogP contribution in [-0.2, 0) is 9.47 Å². The van der Waals surface area contributed by atoms with Crippen molar-refractivity contribution in [3.05, 3.63) is 4.88 Å². The molecule has 2 heterocycles. The molecule has 1 aromatic heterocycles. The van der Waals surface area contributed by atoms with E-state index in [0.29, 0.717) is 10.6 Å². The van der Waals surface area contributed by atoms with Gasteiger partial charge in [0.1, 0.15) is 9.88 Å². The first-order chi connectivity index (χ1) is 10.1. The Labute approximate surface area is 133 Å². The molecule has 5 nitrogen and oxygen atoms in total. The summed E-state index contributed by atoms with van der Waals surface area (Å²) in [7, 11) is 1.38. The fourth-order valence-corrected chi connectivity index (χ4v) is 4.63. The Bertz CT molecular complexity index is 499. The fraction of sp³-hybridized carbons (Fsp3) is 0.643. The molecule has 118 valence electrons. The molecular formula is C14H22N2O3S2. The molecule has 1 saturated heterocycles. The monoisotopic (exact) mass is 330 g/mol. The van der Waals surface area contributed by atoms with Gasteiger partial charge in [-0.25, -0.2) is 4.79 Å². The highest BCUT2D eigenvalue weighted by molar-refractivity contribution is 7.99. The average molecular weight is 330 g/mol. The maximum absolute atomic E-state index is 11.8. The number of thiophene rings is 1. The first kappa shape index (κ1) is 16.5. The molecule has 0 aliphatic carbocycles. The summed E-state index contributed by atoms with van der Waals surface area (Å²) in [6.45, 7) is 4.64. The minimum atomic E-state index is -0.368. The van der Waals surface area contributed by atoms with Crippen molar-refractivity contribution in [3.63, 3.8) is 0 Å². The summed E-state index contributed by atoms with van der Waals surface area (Å²) in [6, 6.07) is 0. The third-order valence-electron chi connectivity index (χ3n) is 3.57. The number of carbonyl (C=O) groups is 1. The number of likely N-dealkylation sites (N-methyl/N-ethyl adjacent to an activating group) is 1. The zero-order valence-electron chi connectivity index (χ0n) is 12.7. The molecule has 21 heavy (non-hydrogen) atoms. The van der Waals surface area contributed by atoms with Gasteiger partial charge in [0.15, 0.2) is 0 Å². The van der Waals surface area contributed by atoms with Crippen molar-refractivity contribution in [2.75, 3.05) is 43.7 Å². The van der Waals surface area contributed by atoms with Crippen molar-refractivity contribution in [2.45, 2.75) is 30.8 Å². The molecular weight excluding hydrogens is 308 g/mol. The summed E-state index contributed by atoms with van der Waals surface area (Å²) >= 11 is 2.98. The fourth-order valence-electron chi connectivity index (χ4n) is 2.46. The number of thioether (sulfide) groups is 1. The van der Waals surface area contributed by atoms with E-state index >= 15 is 0 Å². The third kappa shape index (κ3) is 3.46. The Morgan fingerprint density at radius 1 is 1.62 bits per heavy atom. The highest BCUT2D eigenvalue weighted by atomic mass is 32.2. The van der Waals surface area contributed by atoms with Crippen LogP contribution in [0.3, 0.4) is 0 Å². The van der Waals surface area contributed by atoms with Gasteiger partial charge in [0.2, 0.25) is 0 Å². The van der Waals surface area contributed by atoms with E-state index in [9.17, 15) is 4.79 Å². The Balaban J connectivity index is 2.28. The molecule has 0 spiro atoms. The normalized spacial score (nSPS) is 18.0. The van der Waals surface area contributed by atoms with Crippen LogP contribution in [0, 0.1) is 0 Å². The molecule has 0 bridgehead atoms. The first-order valence-corrected chi connectivity index (χ1v) is 9.07. The van der Waals surface area contributed by atoms with Gasteiger partial charge in [-0.2, -0.15) is 0 Å². The molecule has 2 N–H and O–H groups in total. The van der Waals surface area contributed by atoms with Gasteiger partial charge >= 0.3 is 5.97 Å². The van der Waals surface area contributed by atoms with Crippen LogP contribution in [-0.4, -0.2) is 45.1 Å². The molecule has 0 radical (unpaired) electrons. The number of carbonyl (C=O) groups excluding carboxylic acids is 1. The number of nitrogen functional groups attached to an aromatic ring is 1. The highest BCUT2D eigenvalue weighted by Gasteiger charge is 2.26. The number of hydrogen-bond donors (Lipinski definition) is 1. The maximum Gasteiger partial charge on any atom is 0.350 e. The van der Waals surface area contributed by atoms with Crippen molar-refractivity contribution in [1.82, 2.24) is 0 Å². The second kappa shape index (κ2) is 7.38. The van der Waals surface area contributed by atoms with Crippen molar-refractivity contribution < 1.29 is 14.3 Å². The second-order valence-electron chi connectivity index (χ2n) is 4.85. The lowest BCUT2D eigenvalue weighted by Gasteiger charge is -2.25. The Morgan fingerprint density at radius 3 is 2.90 bits per heavy atom. The number of ether oxygens (including phenoxy) is 2. The van der Waals surface area contributed by atoms with E-state index in [2.05, 4.69) is 11.8 Å². The molecule has 1 aromatic rings. The number of esters is 1. The number of nitrogens with zero attached hydrogens (tertiary/aromatic N) is 1. The van der Waals surface area contributed by atoms with Gasteiger partial charge in [-0.05, 0) is 26.0 Å². The van der Waals surface area contributed by atoms with Gasteiger partial charge < -0.3 is 20.1 Å². The van der Waals surface area contributed by atoms with Crippen LogP contribution in [0.25, 0.3) is 0 Å². The predicted octanol–water partition coefficient (Wildman–Crippen LogP) is 2.84. The lowest BCUT2D eigenvalue weighted by Crippen LogP contribution is -2.31. The number of nitrogens with two attached hydrogens (primary N) is 1. The lowest BCUT2D eigenvalue weighted by atomic mass is 10.2. The van der Waals surface area contributed by atoms with E-state index in [1.54, 1.807) is 11.8 Å². The molecule has 7 heteroatoms. The molecule has 1 aliphatic heterocycles. The van der Waals surface area contributed by atoms with Crippen LogP contribution in [0.15, 0.2) is 4.90 Å². The number of methoxy groups -OCH3 is 1. The van der Waals surface area contributed by atoms with Crippen LogP contribution < -0.4 is 10.6 Å². The summed E-state index contributed by atoms with van der Waals surface area (Å²) in [4.78, 5) is 15.5. The molecule has 0 aromatic carbocycles. The third-order valence-corrected chi connectivity index (χ3v) is 5.77. The van der Waals surface area contributed by atoms with E-state index < -0.39 is 0 Å². The Hall–Kier alpha value is -0.920. The largest absolute Gasteiger partial charge is 0.465 e. The summed E-state index contributed by atoms with van der Waals surface area (Å²) in [6.07, 6.45) is 4.46.